The highest BCUT2D eigenvalue weighted by atomic mass is 16.3. The molecule has 0 saturated heterocycles. The predicted octanol–water partition coefficient (Wildman–Crippen LogP) is 0.496. The molecule has 1 heterocycles. The van der Waals surface area contributed by atoms with Crippen LogP contribution in [0.2, 0.25) is 0 Å². The Balaban J connectivity index is 2.13. The standard InChI is InChI=1S/C12H16N2O2/c1-13-7-12(16)14-5-4-9-2-3-11(15)6-10(9)8-14/h2-3,6,13,15H,4-5,7-8H2,1H3. The summed E-state index contributed by atoms with van der Waals surface area (Å²) in [5.41, 5.74) is 2.28. The van der Waals surface area contributed by atoms with Crippen LogP contribution in [0.1, 0.15) is 11.1 Å². The minimum Gasteiger partial charge on any atom is -0.508 e. The smallest absolute Gasteiger partial charge is 0.236 e. The normalized spacial score (nSPS) is 14.7. The van der Waals surface area contributed by atoms with Crippen LogP contribution in [0.4, 0.5) is 0 Å². The number of carbonyl (C=O) groups is 1. The first-order valence-corrected chi connectivity index (χ1v) is 5.44. The van der Waals surface area contributed by atoms with Crippen molar-refractivity contribution in [3.05, 3.63) is 29.3 Å². The van der Waals surface area contributed by atoms with Gasteiger partial charge in [0.2, 0.25) is 5.91 Å². The Morgan fingerprint density at radius 3 is 3.06 bits per heavy atom. The van der Waals surface area contributed by atoms with Gasteiger partial charge in [-0.1, -0.05) is 6.07 Å². The van der Waals surface area contributed by atoms with Crippen LogP contribution in [0, 0.1) is 0 Å². The summed E-state index contributed by atoms with van der Waals surface area (Å²) in [6.07, 6.45) is 0.866. The average molecular weight is 220 g/mol. The number of aromatic hydroxyl groups is 1. The van der Waals surface area contributed by atoms with Crippen molar-refractivity contribution >= 4 is 5.91 Å². The molecule has 0 fully saturated rings. The third-order valence-corrected chi connectivity index (χ3v) is 2.88. The number of nitrogens with zero attached hydrogens (tertiary/aromatic N) is 1. The molecule has 0 unspecified atom stereocenters. The molecule has 0 bridgehead atoms. The van der Waals surface area contributed by atoms with E-state index in [1.165, 1.54) is 5.56 Å². The van der Waals surface area contributed by atoms with Gasteiger partial charge in [-0.25, -0.2) is 0 Å². The molecule has 2 N–H and O–H groups in total. The number of amides is 1. The van der Waals surface area contributed by atoms with E-state index in [-0.39, 0.29) is 11.7 Å². The number of phenolic OH excluding ortho intramolecular Hbond substituents is 1. The largest absolute Gasteiger partial charge is 0.508 e. The van der Waals surface area contributed by atoms with Crippen LogP contribution < -0.4 is 5.32 Å². The number of carbonyl (C=O) groups excluding carboxylic acids is 1. The predicted molar refractivity (Wildman–Crippen MR) is 61.2 cm³/mol. The van der Waals surface area contributed by atoms with Gasteiger partial charge in [0, 0.05) is 13.1 Å². The number of likely N-dealkylation sites (N-methyl/N-ethyl adjacent to an activating group) is 1. The SMILES string of the molecule is CNCC(=O)N1CCc2ccc(O)cc2C1. The highest BCUT2D eigenvalue weighted by molar-refractivity contribution is 5.78. The molecule has 1 amide bonds. The van der Waals surface area contributed by atoms with Gasteiger partial charge in [-0.3, -0.25) is 4.79 Å². The number of fused-ring (bicyclic) bond motifs is 1. The van der Waals surface area contributed by atoms with Crippen molar-refractivity contribution in [3.63, 3.8) is 0 Å². The van der Waals surface area contributed by atoms with E-state index in [1.54, 1.807) is 19.2 Å². The van der Waals surface area contributed by atoms with Crippen LogP contribution in [0.25, 0.3) is 0 Å². The van der Waals surface area contributed by atoms with Crippen LogP contribution in [0.5, 0.6) is 5.75 Å². The second-order valence-electron chi connectivity index (χ2n) is 4.05. The maximum atomic E-state index is 11.7. The summed E-state index contributed by atoms with van der Waals surface area (Å²) in [6.45, 7) is 1.73. The van der Waals surface area contributed by atoms with Crippen LogP contribution in [-0.2, 0) is 17.8 Å². The molecule has 4 heteroatoms. The molecule has 1 aliphatic heterocycles. The first kappa shape index (κ1) is 11.0. The lowest BCUT2D eigenvalue weighted by molar-refractivity contribution is -0.131. The molecule has 0 aromatic heterocycles. The minimum atomic E-state index is 0.108. The Kier molecular flexibility index (Phi) is 3.10. The molecule has 1 aromatic carbocycles. The topological polar surface area (TPSA) is 52.6 Å². The molecular formula is C12H16N2O2. The summed E-state index contributed by atoms with van der Waals surface area (Å²) in [4.78, 5) is 13.5. The summed E-state index contributed by atoms with van der Waals surface area (Å²) in [6, 6.07) is 5.38. The van der Waals surface area contributed by atoms with Gasteiger partial charge < -0.3 is 15.3 Å². The maximum absolute atomic E-state index is 11.7. The third-order valence-electron chi connectivity index (χ3n) is 2.88. The Hall–Kier alpha value is -1.55. The zero-order valence-corrected chi connectivity index (χ0v) is 9.36. The van der Waals surface area contributed by atoms with Gasteiger partial charge in [0.15, 0.2) is 0 Å². The molecule has 16 heavy (non-hydrogen) atoms. The van der Waals surface area contributed by atoms with Crippen LogP contribution in [0.15, 0.2) is 18.2 Å². The quantitative estimate of drug-likeness (QED) is 0.763. The first-order valence-electron chi connectivity index (χ1n) is 5.44. The van der Waals surface area contributed by atoms with E-state index in [2.05, 4.69) is 5.32 Å². The van der Waals surface area contributed by atoms with Crippen molar-refractivity contribution in [3.8, 4) is 5.75 Å². The van der Waals surface area contributed by atoms with E-state index < -0.39 is 0 Å². The zero-order chi connectivity index (χ0) is 11.5. The molecule has 0 saturated carbocycles. The van der Waals surface area contributed by atoms with Crippen LogP contribution >= 0.6 is 0 Å². The Morgan fingerprint density at radius 1 is 1.50 bits per heavy atom. The van der Waals surface area contributed by atoms with Crippen LogP contribution in [0.3, 0.4) is 0 Å². The molecule has 0 atom stereocenters. The average Bonchev–Trinajstić information content (AvgIpc) is 2.28. The number of hydrogen-bond acceptors (Lipinski definition) is 3. The fourth-order valence-electron chi connectivity index (χ4n) is 2.02. The molecule has 0 radical (unpaired) electrons. The Labute approximate surface area is 94.9 Å². The fourth-order valence-corrected chi connectivity index (χ4v) is 2.02. The van der Waals surface area contributed by atoms with Gasteiger partial charge in [0.1, 0.15) is 5.75 Å². The second kappa shape index (κ2) is 4.53. The summed E-state index contributed by atoms with van der Waals surface area (Å²) in [7, 11) is 1.77. The lowest BCUT2D eigenvalue weighted by Crippen LogP contribution is -2.40. The van der Waals surface area contributed by atoms with Gasteiger partial charge >= 0.3 is 0 Å². The highest BCUT2D eigenvalue weighted by Gasteiger charge is 2.19. The van der Waals surface area contributed by atoms with Gasteiger partial charge in [-0.15, -0.1) is 0 Å². The molecular weight excluding hydrogens is 204 g/mol. The summed E-state index contributed by atoms with van der Waals surface area (Å²) >= 11 is 0. The fraction of sp³-hybridized carbons (Fsp3) is 0.417. The highest BCUT2D eigenvalue weighted by Crippen LogP contribution is 2.22. The van der Waals surface area contributed by atoms with Crippen molar-refractivity contribution in [2.24, 2.45) is 0 Å². The lowest BCUT2D eigenvalue weighted by atomic mass is 9.99. The van der Waals surface area contributed by atoms with E-state index in [1.807, 2.05) is 11.0 Å². The molecule has 1 aliphatic rings. The number of phenols is 1. The van der Waals surface area contributed by atoms with Crippen LogP contribution in [-0.4, -0.2) is 36.1 Å². The number of benzene rings is 1. The van der Waals surface area contributed by atoms with E-state index in [0.29, 0.717) is 13.1 Å². The molecule has 0 spiro atoms. The molecule has 4 nitrogen and oxygen atoms in total. The van der Waals surface area contributed by atoms with Crippen molar-refractivity contribution in [1.82, 2.24) is 10.2 Å². The van der Waals surface area contributed by atoms with Gasteiger partial charge in [0.25, 0.3) is 0 Å². The van der Waals surface area contributed by atoms with Gasteiger partial charge in [-0.05, 0) is 36.7 Å². The number of nitrogens with one attached hydrogen (secondary N) is 1. The van der Waals surface area contributed by atoms with E-state index in [4.69, 9.17) is 0 Å². The third kappa shape index (κ3) is 2.17. The van der Waals surface area contributed by atoms with Gasteiger partial charge in [-0.2, -0.15) is 0 Å². The second-order valence-corrected chi connectivity index (χ2v) is 4.05. The van der Waals surface area contributed by atoms with Crippen molar-refractivity contribution in [2.75, 3.05) is 20.1 Å². The first-order chi connectivity index (χ1) is 7.70. The van der Waals surface area contributed by atoms with Crippen molar-refractivity contribution in [2.45, 2.75) is 13.0 Å². The molecule has 1 aromatic rings. The molecule has 2 rings (SSSR count). The Morgan fingerprint density at radius 2 is 2.31 bits per heavy atom. The maximum Gasteiger partial charge on any atom is 0.236 e. The summed E-state index contributed by atoms with van der Waals surface area (Å²) < 4.78 is 0. The van der Waals surface area contributed by atoms with Gasteiger partial charge in [0.05, 0.1) is 6.54 Å². The lowest BCUT2D eigenvalue weighted by Gasteiger charge is -2.29. The monoisotopic (exact) mass is 220 g/mol. The van der Waals surface area contributed by atoms with Crippen molar-refractivity contribution in [1.29, 1.82) is 0 Å². The number of rotatable bonds is 2. The molecule has 0 aliphatic carbocycles. The van der Waals surface area contributed by atoms with Crippen molar-refractivity contribution < 1.29 is 9.90 Å². The van der Waals surface area contributed by atoms with E-state index >= 15 is 0 Å². The summed E-state index contributed by atoms with van der Waals surface area (Å²) in [5, 5.41) is 12.3. The zero-order valence-electron chi connectivity index (χ0n) is 9.36. The Bertz CT molecular complexity index is 404. The molecule has 86 valence electrons. The summed E-state index contributed by atoms with van der Waals surface area (Å²) in [5.74, 6) is 0.373. The minimum absolute atomic E-state index is 0.108. The van der Waals surface area contributed by atoms with E-state index in [0.717, 1.165) is 18.5 Å². The number of hydrogen-bond donors (Lipinski definition) is 2. The van der Waals surface area contributed by atoms with E-state index in [9.17, 15) is 9.90 Å².